The summed E-state index contributed by atoms with van der Waals surface area (Å²) >= 11 is 1.87. The number of aryl methyl sites for hydroxylation is 2. The monoisotopic (exact) mass is 290 g/mol. The summed E-state index contributed by atoms with van der Waals surface area (Å²) in [5.41, 5.74) is 1.36. The third kappa shape index (κ3) is 5.16. The van der Waals surface area contributed by atoms with Crippen molar-refractivity contribution in [3.8, 4) is 0 Å². The van der Waals surface area contributed by atoms with E-state index in [-0.39, 0.29) is 0 Å². The van der Waals surface area contributed by atoms with Crippen LogP contribution in [0.2, 0.25) is 0 Å². The average molecular weight is 290 g/mol. The van der Waals surface area contributed by atoms with Crippen molar-refractivity contribution in [1.82, 2.24) is 0 Å². The van der Waals surface area contributed by atoms with Crippen LogP contribution in [-0.4, -0.2) is 0 Å². The van der Waals surface area contributed by atoms with Crippen LogP contribution >= 0.6 is 11.3 Å². The Balaban J connectivity index is 1.74. The second-order valence-electron chi connectivity index (χ2n) is 6.28. The van der Waals surface area contributed by atoms with Gasteiger partial charge in [-0.15, -0.1) is 11.3 Å². The van der Waals surface area contributed by atoms with Gasteiger partial charge in [-0.2, -0.15) is 0 Å². The zero-order valence-corrected chi connectivity index (χ0v) is 13.7. The maximum absolute atomic E-state index is 5.67. The van der Waals surface area contributed by atoms with Gasteiger partial charge in [-0.3, -0.25) is 0 Å². The standard InChI is InChI=1S/C18H26OS/c1-14(2)6-8-17-12-16(13-19-17)11-15(3)7-9-18-5-4-10-20-18/h4-5,10,12-15H,6-9,11H2,1-3H3. The third-order valence-electron chi connectivity index (χ3n) is 3.72. The zero-order chi connectivity index (χ0) is 14.4. The lowest BCUT2D eigenvalue weighted by Gasteiger charge is -2.08. The largest absolute Gasteiger partial charge is 0.469 e. The molecule has 0 spiro atoms. The first kappa shape index (κ1) is 15.4. The fraction of sp³-hybridized carbons (Fsp3) is 0.556. The van der Waals surface area contributed by atoms with Crippen LogP contribution < -0.4 is 0 Å². The molecule has 0 aliphatic rings. The minimum Gasteiger partial charge on any atom is -0.469 e. The molecule has 2 aromatic heterocycles. The van der Waals surface area contributed by atoms with Gasteiger partial charge in [0, 0.05) is 11.3 Å². The predicted octanol–water partition coefficient (Wildman–Crippen LogP) is 5.74. The lowest BCUT2D eigenvalue weighted by molar-refractivity contribution is 0.471. The molecule has 0 saturated heterocycles. The molecular formula is C18H26OS. The molecule has 1 nitrogen and oxygen atoms in total. The number of thiophene rings is 1. The molecule has 2 heteroatoms. The molecule has 0 radical (unpaired) electrons. The Morgan fingerprint density at radius 2 is 2.00 bits per heavy atom. The lowest BCUT2D eigenvalue weighted by atomic mass is 9.97. The highest BCUT2D eigenvalue weighted by Gasteiger charge is 2.08. The van der Waals surface area contributed by atoms with Crippen LogP contribution in [0.25, 0.3) is 0 Å². The fourth-order valence-corrected chi connectivity index (χ4v) is 3.17. The number of hydrogen-bond donors (Lipinski definition) is 0. The Morgan fingerprint density at radius 3 is 2.70 bits per heavy atom. The Morgan fingerprint density at radius 1 is 1.15 bits per heavy atom. The minimum atomic E-state index is 0.715. The maximum atomic E-state index is 5.67. The van der Waals surface area contributed by atoms with Gasteiger partial charge in [0.2, 0.25) is 0 Å². The van der Waals surface area contributed by atoms with Crippen molar-refractivity contribution in [2.45, 2.75) is 52.9 Å². The van der Waals surface area contributed by atoms with E-state index in [9.17, 15) is 0 Å². The van der Waals surface area contributed by atoms with Crippen LogP contribution in [0.3, 0.4) is 0 Å². The van der Waals surface area contributed by atoms with Gasteiger partial charge in [-0.05, 0) is 60.6 Å². The summed E-state index contributed by atoms with van der Waals surface area (Å²) < 4.78 is 5.67. The van der Waals surface area contributed by atoms with Gasteiger partial charge in [-0.25, -0.2) is 0 Å². The summed E-state index contributed by atoms with van der Waals surface area (Å²) in [6.07, 6.45) is 7.83. The fourth-order valence-electron chi connectivity index (χ4n) is 2.44. The Kier molecular flexibility index (Phi) is 5.90. The van der Waals surface area contributed by atoms with Crippen molar-refractivity contribution in [2.75, 3.05) is 0 Å². The van der Waals surface area contributed by atoms with Crippen molar-refractivity contribution < 1.29 is 4.42 Å². The normalized spacial score (nSPS) is 13.0. The maximum Gasteiger partial charge on any atom is 0.104 e. The summed E-state index contributed by atoms with van der Waals surface area (Å²) in [5, 5.41) is 2.16. The molecule has 20 heavy (non-hydrogen) atoms. The Bertz CT molecular complexity index is 481. The first-order valence-corrected chi connectivity index (χ1v) is 8.60. The molecule has 2 heterocycles. The molecule has 0 aromatic carbocycles. The molecule has 1 unspecified atom stereocenters. The second kappa shape index (κ2) is 7.68. The highest BCUT2D eigenvalue weighted by Crippen LogP contribution is 2.20. The minimum absolute atomic E-state index is 0.715. The molecule has 0 bridgehead atoms. The first-order valence-electron chi connectivity index (χ1n) is 7.72. The summed E-state index contributed by atoms with van der Waals surface area (Å²) in [4.78, 5) is 1.50. The van der Waals surface area contributed by atoms with Crippen LogP contribution in [0.5, 0.6) is 0 Å². The van der Waals surface area contributed by atoms with E-state index in [0.717, 1.165) is 24.5 Å². The molecular weight excluding hydrogens is 264 g/mol. The van der Waals surface area contributed by atoms with Crippen molar-refractivity contribution in [3.63, 3.8) is 0 Å². The number of hydrogen-bond acceptors (Lipinski definition) is 2. The van der Waals surface area contributed by atoms with E-state index < -0.39 is 0 Å². The molecule has 0 saturated carbocycles. The lowest BCUT2D eigenvalue weighted by Crippen LogP contribution is -2.00. The van der Waals surface area contributed by atoms with E-state index in [2.05, 4.69) is 44.4 Å². The van der Waals surface area contributed by atoms with Gasteiger partial charge in [0.25, 0.3) is 0 Å². The molecule has 0 aliphatic heterocycles. The molecule has 0 amide bonds. The van der Waals surface area contributed by atoms with Gasteiger partial charge in [0.15, 0.2) is 0 Å². The highest BCUT2D eigenvalue weighted by molar-refractivity contribution is 7.09. The van der Waals surface area contributed by atoms with E-state index in [1.807, 2.05) is 17.6 Å². The van der Waals surface area contributed by atoms with Crippen LogP contribution in [0, 0.1) is 11.8 Å². The van der Waals surface area contributed by atoms with Crippen molar-refractivity contribution in [2.24, 2.45) is 11.8 Å². The van der Waals surface area contributed by atoms with Gasteiger partial charge in [0.1, 0.15) is 5.76 Å². The summed E-state index contributed by atoms with van der Waals surface area (Å²) in [7, 11) is 0. The molecule has 2 aromatic rings. The van der Waals surface area contributed by atoms with Gasteiger partial charge < -0.3 is 4.42 Å². The molecule has 0 N–H and O–H groups in total. The number of rotatable bonds is 8. The third-order valence-corrected chi connectivity index (χ3v) is 4.66. The smallest absolute Gasteiger partial charge is 0.104 e. The Labute approximate surface area is 127 Å². The van der Waals surface area contributed by atoms with Crippen LogP contribution in [0.15, 0.2) is 34.3 Å². The average Bonchev–Trinajstić information content (AvgIpc) is 3.05. The van der Waals surface area contributed by atoms with E-state index >= 15 is 0 Å². The van der Waals surface area contributed by atoms with E-state index in [1.54, 1.807) is 0 Å². The van der Waals surface area contributed by atoms with Gasteiger partial charge >= 0.3 is 0 Å². The van der Waals surface area contributed by atoms with E-state index in [4.69, 9.17) is 4.42 Å². The van der Waals surface area contributed by atoms with Crippen molar-refractivity contribution in [3.05, 3.63) is 46.0 Å². The zero-order valence-electron chi connectivity index (χ0n) is 12.9. The van der Waals surface area contributed by atoms with Crippen LogP contribution in [-0.2, 0) is 19.3 Å². The van der Waals surface area contributed by atoms with E-state index in [0.29, 0.717) is 5.92 Å². The molecule has 2 rings (SSSR count). The van der Waals surface area contributed by atoms with Crippen LogP contribution in [0.4, 0.5) is 0 Å². The molecule has 0 aliphatic carbocycles. The van der Waals surface area contributed by atoms with Crippen molar-refractivity contribution >= 4 is 11.3 Å². The topological polar surface area (TPSA) is 13.1 Å². The highest BCUT2D eigenvalue weighted by atomic mass is 32.1. The SMILES string of the molecule is CC(C)CCc1cc(CC(C)CCc2cccs2)co1. The summed E-state index contributed by atoms with van der Waals surface area (Å²) in [6, 6.07) is 6.63. The van der Waals surface area contributed by atoms with Crippen molar-refractivity contribution in [1.29, 1.82) is 0 Å². The molecule has 1 atom stereocenters. The Hall–Kier alpha value is -1.02. The first-order chi connectivity index (χ1) is 9.63. The second-order valence-corrected chi connectivity index (χ2v) is 7.31. The molecule has 0 fully saturated rings. The summed E-state index contributed by atoms with van der Waals surface area (Å²) in [6.45, 7) is 6.86. The number of furan rings is 1. The summed E-state index contributed by atoms with van der Waals surface area (Å²) in [5.74, 6) is 2.61. The van der Waals surface area contributed by atoms with Crippen LogP contribution in [0.1, 0.15) is 49.8 Å². The van der Waals surface area contributed by atoms with Gasteiger partial charge in [0.05, 0.1) is 6.26 Å². The van der Waals surface area contributed by atoms with E-state index in [1.165, 1.54) is 29.7 Å². The quantitative estimate of drug-likeness (QED) is 0.604. The van der Waals surface area contributed by atoms with Gasteiger partial charge in [-0.1, -0.05) is 26.8 Å². The predicted molar refractivity (Wildman–Crippen MR) is 87.4 cm³/mol. The molecule has 110 valence electrons.